The van der Waals surface area contributed by atoms with Crippen LogP contribution in [-0.4, -0.2) is 12.4 Å². The molecule has 0 bridgehead atoms. The lowest BCUT2D eigenvalue weighted by Crippen LogP contribution is -2.02. The molecule has 0 aliphatic rings. The molecule has 76 valence electrons. The van der Waals surface area contributed by atoms with Gasteiger partial charge in [0.15, 0.2) is 5.78 Å². The van der Waals surface area contributed by atoms with Gasteiger partial charge in [-0.05, 0) is 41.9 Å². The van der Waals surface area contributed by atoms with Crippen LogP contribution in [0, 0.1) is 0 Å². The van der Waals surface area contributed by atoms with Gasteiger partial charge in [0.1, 0.15) is 5.75 Å². The van der Waals surface area contributed by atoms with Crippen molar-refractivity contribution in [3.05, 3.63) is 22.2 Å². The highest BCUT2D eigenvalue weighted by atomic mass is 79.9. The van der Waals surface area contributed by atoms with Gasteiger partial charge in [0, 0.05) is 5.56 Å². The van der Waals surface area contributed by atoms with Gasteiger partial charge < -0.3 is 10.5 Å². The van der Waals surface area contributed by atoms with Crippen LogP contribution in [0.5, 0.6) is 5.75 Å². The number of hydrogen-bond donors (Lipinski definition) is 1. The van der Waals surface area contributed by atoms with Crippen LogP contribution in [-0.2, 0) is 0 Å². The topological polar surface area (TPSA) is 52.3 Å². The zero-order chi connectivity index (χ0) is 10.7. The highest BCUT2D eigenvalue weighted by Gasteiger charge is 2.11. The van der Waals surface area contributed by atoms with Crippen LogP contribution in [0.1, 0.15) is 24.2 Å². The van der Waals surface area contributed by atoms with Gasteiger partial charge >= 0.3 is 0 Å². The van der Waals surface area contributed by atoms with Gasteiger partial charge in [0.25, 0.3) is 0 Å². The summed E-state index contributed by atoms with van der Waals surface area (Å²) in [5.74, 6) is 0.580. The van der Waals surface area contributed by atoms with Gasteiger partial charge in [0.2, 0.25) is 0 Å². The monoisotopic (exact) mass is 257 g/mol. The molecule has 0 fully saturated rings. The predicted molar refractivity (Wildman–Crippen MR) is 59.7 cm³/mol. The standard InChI is InChI=1S/C10H12BrNO2/c1-3-14-8-5-4-7(6(2)13)9(11)10(8)12/h4-5H,3,12H2,1-2H3. The molecule has 0 saturated heterocycles. The van der Waals surface area contributed by atoms with Crippen molar-refractivity contribution in [2.45, 2.75) is 13.8 Å². The number of carbonyl (C=O) groups excluding carboxylic acids is 1. The zero-order valence-electron chi connectivity index (χ0n) is 8.13. The van der Waals surface area contributed by atoms with Gasteiger partial charge in [0.05, 0.1) is 16.8 Å². The molecule has 1 aromatic carbocycles. The molecule has 0 spiro atoms. The number of nitrogens with two attached hydrogens (primary N) is 1. The number of ether oxygens (including phenoxy) is 1. The maximum Gasteiger partial charge on any atom is 0.161 e. The lowest BCUT2D eigenvalue weighted by molar-refractivity contribution is 0.101. The number of halogens is 1. The molecule has 0 aliphatic heterocycles. The van der Waals surface area contributed by atoms with Crippen LogP contribution < -0.4 is 10.5 Å². The molecule has 3 nitrogen and oxygen atoms in total. The quantitative estimate of drug-likeness (QED) is 0.669. The third-order valence-corrected chi connectivity index (χ3v) is 2.67. The van der Waals surface area contributed by atoms with Gasteiger partial charge in [-0.3, -0.25) is 4.79 Å². The summed E-state index contributed by atoms with van der Waals surface area (Å²) in [6.07, 6.45) is 0. The SMILES string of the molecule is CCOc1ccc(C(C)=O)c(Br)c1N. The Bertz CT molecular complexity index is 363. The summed E-state index contributed by atoms with van der Waals surface area (Å²) in [4.78, 5) is 11.2. The van der Waals surface area contributed by atoms with Crippen molar-refractivity contribution in [2.75, 3.05) is 12.3 Å². The fourth-order valence-electron chi connectivity index (χ4n) is 1.13. The van der Waals surface area contributed by atoms with Crippen LogP contribution >= 0.6 is 15.9 Å². The number of anilines is 1. The van der Waals surface area contributed by atoms with Crippen LogP contribution in [0.2, 0.25) is 0 Å². The average Bonchev–Trinajstić information content (AvgIpc) is 2.13. The maximum absolute atomic E-state index is 11.2. The Balaban J connectivity index is 3.19. The third kappa shape index (κ3) is 2.07. The second kappa shape index (κ2) is 4.46. The lowest BCUT2D eigenvalue weighted by Gasteiger charge is -2.10. The van der Waals surface area contributed by atoms with E-state index in [1.54, 1.807) is 12.1 Å². The van der Waals surface area contributed by atoms with E-state index in [0.717, 1.165) is 0 Å². The largest absolute Gasteiger partial charge is 0.492 e. The Morgan fingerprint density at radius 3 is 2.71 bits per heavy atom. The van der Waals surface area contributed by atoms with Gasteiger partial charge in [-0.15, -0.1) is 0 Å². The van der Waals surface area contributed by atoms with E-state index in [4.69, 9.17) is 10.5 Å². The van der Waals surface area contributed by atoms with Gasteiger partial charge in [-0.25, -0.2) is 0 Å². The van der Waals surface area contributed by atoms with Crippen LogP contribution in [0.4, 0.5) is 5.69 Å². The van der Waals surface area contributed by atoms with E-state index >= 15 is 0 Å². The van der Waals surface area contributed by atoms with E-state index in [2.05, 4.69) is 15.9 Å². The molecule has 0 heterocycles. The smallest absolute Gasteiger partial charge is 0.161 e. The Kier molecular flexibility index (Phi) is 3.52. The van der Waals surface area contributed by atoms with E-state index in [-0.39, 0.29) is 5.78 Å². The van der Waals surface area contributed by atoms with E-state index in [0.29, 0.717) is 28.1 Å². The van der Waals surface area contributed by atoms with Crippen molar-refractivity contribution in [2.24, 2.45) is 0 Å². The molecule has 1 rings (SSSR count). The van der Waals surface area contributed by atoms with Crippen LogP contribution in [0.15, 0.2) is 16.6 Å². The summed E-state index contributed by atoms with van der Waals surface area (Å²) >= 11 is 3.28. The summed E-state index contributed by atoms with van der Waals surface area (Å²) in [6, 6.07) is 3.41. The number of Topliss-reactive ketones (excluding diaryl/α,β-unsaturated/α-hetero) is 1. The normalized spacial score (nSPS) is 9.93. The van der Waals surface area contributed by atoms with Crippen molar-refractivity contribution in [3.8, 4) is 5.75 Å². The third-order valence-electron chi connectivity index (χ3n) is 1.82. The fraction of sp³-hybridized carbons (Fsp3) is 0.300. The van der Waals surface area contributed by atoms with Gasteiger partial charge in [-0.1, -0.05) is 0 Å². The molecule has 14 heavy (non-hydrogen) atoms. The minimum absolute atomic E-state index is 0.0216. The minimum atomic E-state index is -0.0216. The number of rotatable bonds is 3. The summed E-state index contributed by atoms with van der Waals surface area (Å²) in [5.41, 5.74) is 6.83. The summed E-state index contributed by atoms with van der Waals surface area (Å²) in [7, 11) is 0. The molecule has 1 aromatic rings. The number of ketones is 1. The first-order chi connectivity index (χ1) is 6.57. The molecule has 0 unspecified atom stereocenters. The van der Waals surface area contributed by atoms with Crippen molar-refractivity contribution in [1.29, 1.82) is 0 Å². The molecule has 0 aliphatic carbocycles. The number of benzene rings is 1. The first-order valence-corrected chi connectivity index (χ1v) is 5.09. The number of carbonyl (C=O) groups is 1. The predicted octanol–water partition coefficient (Wildman–Crippen LogP) is 2.63. The highest BCUT2D eigenvalue weighted by Crippen LogP contribution is 2.33. The first kappa shape index (κ1) is 11.0. The zero-order valence-corrected chi connectivity index (χ0v) is 9.72. The molecule has 0 aromatic heterocycles. The minimum Gasteiger partial charge on any atom is -0.492 e. The summed E-state index contributed by atoms with van der Waals surface area (Å²) < 4.78 is 5.89. The molecule has 0 radical (unpaired) electrons. The maximum atomic E-state index is 11.2. The van der Waals surface area contributed by atoms with Gasteiger partial charge in [-0.2, -0.15) is 0 Å². The van der Waals surface area contributed by atoms with Crippen LogP contribution in [0.25, 0.3) is 0 Å². The summed E-state index contributed by atoms with van der Waals surface area (Å²) in [5, 5.41) is 0. The van der Waals surface area contributed by atoms with Crippen molar-refractivity contribution in [3.63, 3.8) is 0 Å². The highest BCUT2D eigenvalue weighted by molar-refractivity contribution is 9.10. The van der Waals surface area contributed by atoms with Crippen molar-refractivity contribution in [1.82, 2.24) is 0 Å². The first-order valence-electron chi connectivity index (χ1n) is 4.29. The van der Waals surface area contributed by atoms with Crippen molar-refractivity contribution >= 4 is 27.4 Å². The summed E-state index contributed by atoms with van der Waals surface area (Å²) in [6.45, 7) is 3.93. The molecule has 2 N–H and O–H groups in total. The van der Waals surface area contributed by atoms with Crippen LogP contribution in [0.3, 0.4) is 0 Å². The van der Waals surface area contributed by atoms with E-state index < -0.39 is 0 Å². The second-order valence-electron chi connectivity index (χ2n) is 2.83. The lowest BCUT2D eigenvalue weighted by atomic mass is 10.1. The number of hydrogen-bond acceptors (Lipinski definition) is 3. The Morgan fingerprint density at radius 2 is 2.21 bits per heavy atom. The number of nitrogen functional groups attached to an aromatic ring is 1. The van der Waals surface area contributed by atoms with E-state index in [1.807, 2.05) is 6.92 Å². The second-order valence-corrected chi connectivity index (χ2v) is 3.62. The van der Waals surface area contributed by atoms with E-state index in [9.17, 15) is 4.79 Å². The Hall–Kier alpha value is -1.03. The Labute approximate surface area is 91.4 Å². The Morgan fingerprint density at radius 1 is 1.57 bits per heavy atom. The molecule has 0 atom stereocenters. The average molecular weight is 258 g/mol. The molecule has 0 saturated carbocycles. The molecule has 4 heteroatoms. The molecule has 0 amide bonds. The molecular formula is C10H12BrNO2. The van der Waals surface area contributed by atoms with Crippen molar-refractivity contribution < 1.29 is 9.53 Å². The molecular weight excluding hydrogens is 246 g/mol. The fourth-order valence-corrected chi connectivity index (χ4v) is 1.74. The van der Waals surface area contributed by atoms with E-state index in [1.165, 1.54) is 6.92 Å².